The first-order valence-electron chi connectivity index (χ1n) is 7.30. The number of hydrogen-bond acceptors (Lipinski definition) is 3. The number of hydrogen-bond donors (Lipinski definition) is 2. The summed E-state index contributed by atoms with van der Waals surface area (Å²) >= 11 is 0. The zero-order valence-corrected chi connectivity index (χ0v) is 13.3. The Kier molecular flexibility index (Phi) is 6.23. The molecule has 114 valence electrons. The quantitative estimate of drug-likeness (QED) is 0.808. The lowest BCUT2D eigenvalue weighted by molar-refractivity contribution is 0.284. The van der Waals surface area contributed by atoms with Gasteiger partial charge in [-0.1, -0.05) is 32.1 Å². The zero-order chi connectivity index (χ0) is 14.5. The van der Waals surface area contributed by atoms with E-state index in [0.29, 0.717) is 6.54 Å². The smallest absolute Gasteiger partial charge is 0.279 e. The molecule has 0 aromatic rings. The third-order valence-electron chi connectivity index (χ3n) is 4.15. The summed E-state index contributed by atoms with van der Waals surface area (Å²) in [6.07, 6.45) is 7.37. The largest absolute Gasteiger partial charge is 0.329 e. The van der Waals surface area contributed by atoms with E-state index in [1.165, 1.54) is 23.6 Å². The van der Waals surface area contributed by atoms with Gasteiger partial charge in [0.15, 0.2) is 0 Å². The molecular formula is C13H29N3O2S. The third-order valence-corrected chi connectivity index (χ3v) is 6.02. The van der Waals surface area contributed by atoms with Crippen molar-refractivity contribution < 1.29 is 8.42 Å². The molecule has 1 saturated carbocycles. The molecule has 0 aromatic carbocycles. The van der Waals surface area contributed by atoms with Crippen LogP contribution < -0.4 is 10.5 Å². The van der Waals surface area contributed by atoms with Crippen LogP contribution in [0.4, 0.5) is 0 Å². The predicted octanol–water partition coefficient (Wildman–Crippen LogP) is 1.60. The Balaban J connectivity index is 2.83. The lowest BCUT2D eigenvalue weighted by Crippen LogP contribution is -2.57. The molecule has 0 atom stereocenters. The van der Waals surface area contributed by atoms with Crippen LogP contribution >= 0.6 is 0 Å². The Morgan fingerprint density at radius 3 is 2.05 bits per heavy atom. The standard InChI is InChI=1S/C13H29N3O2S/c1-12(2)16(3)19(17,18)15-13(11-14)9-7-5-4-6-8-10-13/h12,15H,4-11,14H2,1-3H3. The Hall–Kier alpha value is -0.170. The molecule has 19 heavy (non-hydrogen) atoms. The Labute approximate surface area is 118 Å². The van der Waals surface area contributed by atoms with Crippen LogP contribution in [0.5, 0.6) is 0 Å². The minimum absolute atomic E-state index is 0.0547. The van der Waals surface area contributed by atoms with E-state index in [1.807, 2.05) is 13.8 Å². The van der Waals surface area contributed by atoms with Crippen molar-refractivity contribution >= 4 is 10.2 Å². The van der Waals surface area contributed by atoms with Gasteiger partial charge in [0.2, 0.25) is 0 Å². The summed E-state index contributed by atoms with van der Waals surface area (Å²) in [5.41, 5.74) is 5.44. The molecule has 0 unspecified atom stereocenters. The van der Waals surface area contributed by atoms with Crippen molar-refractivity contribution in [1.82, 2.24) is 9.03 Å². The number of nitrogens with one attached hydrogen (secondary N) is 1. The molecule has 0 radical (unpaired) electrons. The lowest BCUT2D eigenvalue weighted by atomic mass is 9.85. The second kappa shape index (κ2) is 7.02. The van der Waals surface area contributed by atoms with Crippen LogP contribution in [0, 0.1) is 0 Å². The summed E-state index contributed by atoms with van der Waals surface area (Å²) in [7, 11) is -1.84. The molecule has 1 aliphatic carbocycles. The minimum Gasteiger partial charge on any atom is -0.329 e. The molecule has 1 rings (SSSR count). The molecular weight excluding hydrogens is 262 g/mol. The Morgan fingerprint density at radius 1 is 1.16 bits per heavy atom. The van der Waals surface area contributed by atoms with Crippen LogP contribution in [0.2, 0.25) is 0 Å². The minimum atomic E-state index is -3.45. The van der Waals surface area contributed by atoms with E-state index in [9.17, 15) is 8.42 Å². The van der Waals surface area contributed by atoms with Crippen LogP contribution in [-0.2, 0) is 10.2 Å². The molecule has 0 bridgehead atoms. The topological polar surface area (TPSA) is 75.4 Å². The van der Waals surface area contributed by atoms with Crippen LogP contribution in [0.3, 0.4) is 0 Å². The normalized spacial score (nSPS) is 21.4. The fraction of sp³-hybridized carbons (Fsp3) is 1.00. The zero-order valence-electron chi connectivity index (χ0n) is 12.5. The second-order valence-corrected chi connectivity index (χ2v) is 7.70. The van der Waals surface area contributed by atoms with E-state index in [4.69, 9.17) is 5.73 Å². The van der Waals surface area contributed by atoms with Crippen molar-refractivity contribution in [3.63, 3.8) is 0 Å². The van der Waals surface area contributed by atoms with Crippen LogP contribution in [-0.4, -0.2) is 37.9 Å². The fourth-order valence-corrected chi connectivity index (χ4v) is 4.09. The number of nitrogens with zero attached hydrogens (tertiary/aromatic N) is 1. The lowest BCUT2D eigenvalue weighted by Gasteiger charge is -2.37. The summed E-state index contributed by atoms with van der Waals surface area (Å²) in [5.74, 6) is 0. The van der Waals surface area contributed by atoms with Gasteiger partial charge in [0, 0.05) is 25.2 Å². The molecule has 1 aliphatic rings. The van der Waals surface area contributed by atoms with Crippen molar-refractivity contribution in [1.29, 1.82) is 0 Å². The third kappa shape index (κ3) is 4.70. The van der Waals surface area contributed by atoms with E-state index in [2.05, 4.69) is 4.72 Å². The first-order valence-corrected chi connectivity index (χ1v) is 8.74. The fourth-order valence-electron chi connectivity index (χ4n) is 2.55. The molecule has 1 fully saturated rings. The van der Waals surface area contributed by atoms with E-state index >= 15 is 0 Å². The first kappa shape index (κ1) is 16.9. The van der Waals surface area contributed by atoms with Crippen molar-refractivity contribution in [2.75, 3.05) is 13.6 Å². The van der Waals surface area contributed by atoms with Crippen molar-refractivity contribution in [3.05, 3.63) is 0 Å². The monoisotopic (exact) mass is 291 g/mol. The molecule has 6 heteroatoms. The summed E-state index contributed by atoms with van der Waals surface area (Å²) in [6.45, 7) is 4.11. The van der Waals surface area contributed by atoms with E-state index in [-0.39, 0.29) is 6.04 Å². The molecule has 0 aromatic heterocycles. The Bertz CT molecular complexity index is 360. The molecule has 0 heterocycles. The maximum absolute atomic E-state index is 12.4. The maximum atomic E-state index is 12.4. The van der Waals surface area contributed by atoms with Gasteiger partial charge in [-0.25, -0.2) is 0 Å². The number of rotatable bonds is 5. The molecule has 0 amide bonds. The highest BCUT2D eigenvalue weighted by Gasteiger charge is 2.35. The van der Waals surface area contributed by atoms with Crippen LogP contribution in [0.25, 0.3) is 0 Å². The van der Waals surface area contributed by atoms with Gasteiger partial charge in [-0.15, -0.1) is 0 Å². The van der Waals surface area contributed by atoms with E-state index < -0.39 is 15.7 Å². The summed E-state index contributed by atoms with van der Waals surface area (Å²) in [5, 5.41) is 0. The molecule has 0 aliphatic heterocycles. The van der Waals surface area contributed by atoms with Gasteiger partial charge in [0.25, 0.3) is 10.2 Å². The molecule has 0 saturated heterocycles. The average Bonchev–Trinajstić information content (AvgIpc) is 2.31. The summed E-state index contributed by atoms with van der Waals surface area (Å²) in [4.78, 5) is 0. The van der Waals surface area contributed by atoms with Gasteiger partial charge in [-0.2, -0.15) is 17.4 Å². The summed E-state index contributed by atoms with van der Waals surface area (Å²) in [6, 6.07) is -0.0547. The van der Waals surface area contributed by atoms with Crippen molar-refractivity contribution in [2.45, 2.75) is 70.4 Å². The van der Waals surface area contributed by atoms with Gasteiger partial charge >= 0.3 is 0 Å². The van der Waals surface area contributed by atoms with Gasteiger partial charge < -0.3 is 5.73 Å². The second-order valence-electron chi connectivity index (χ2n) is 5.97. The van der Waals surface area contributed by atoms with E-state index in [0.717, 1.165) is 25.7 Å². The van der Waals surface area contributed by atoms with Gasteiger partial charge in [-0.3, -0.25) is 0 Å². The highest BCUT2D eigenvalue weighted by atomic mass is 32.2. The SMILES string of the molecule is CC(C)N(C)S(=O)(=O)NC1(CN)CCCCCCC1. The molecule has 3 N–H and O–H groups in total. The van der Waals surface area contributed by atoms with Crippen LogP contribution in [0.1, 0.15) is 58.8 Å². The maximum Gasteiger partial charge on any atom is 0.279 e. The van der Waals surface area contributed by atoms with E-state index in [1.54, 1.807) is 7.05 Å². The van der Waals surface area contributed by atoms with Gasteiger partial charge in [-0.05, 0) is 26.7 Å². The highest BCUT2D eigenvalue weighted by molar-refractivity contribution is 7.87. The average molecular weight is 291 g/mol. The summed E-state index contributed by atoms with van der Waals surface area (Å²) < 4.78 is 29.0. The van der Waals surface area contributed by atoms with Crippen molar-refractivity contribution in [2.24, 2.45) is 5.73 Å². The van der Waals surface area contributed by atoms with Gasteiger partial charge in [0.1, 0.15) is 0 Å². The number of nitrogens with two attached hydrogens (primary N) is 1. The highest BCUT2D eigenvalue weighted by Crippen LogP contribution is 2.26. The van der Waals surface area contributed by atoms with Crippen LogP contribution in [0.15, 0.2) is 0 Å². The predicted molar refractivity (Wildman–Crippen MR) is 79.1 cm³/mol. The van der Waals surface area contributed by atoms with Crippen molar-refractivity contribution in [3.8, 4) is 0 Å². The Morgan fingerprint density at radius 2 is 1.63 bits per heavy atom. The molecule has 0 spiro atoms. The first-order chi connectivity index (χ1) is 8.83. The van der Waals surface area contributed by atoms with Gasteiger partial charge in [0.05, 0.1) is 0 Å². The molecule has 5 nitrogen and oxygen atoms in total.